The molecule has 6 heteroatoms. The lowest BCUT2D eigenvalue weighted by molar-refractivity contribution is 0.0953. The lowest BCUT2D eigenvalue weighted by Crippen LogP contribution is -2.24. The third-order valence-corrected chi connectivity index (χ3v) is 7.54. The molecule has 2 N–H and O–H groups in total. The van der Waals surface area contributed by atoms with E-state index in [1.165, 1.54) is 16.8 Å². The molecule has 0 unspecified atom stereocenters. The van der Waals surface area contributed by atoms with E-state index in [0.717, 1.165) is 53.8 Å². The van der Waals surface area contributed by atoms with Crippen LogP contribution in [-0.4, -0.2) is 59.0 Å². The number of ether oxygens (including phenoxy) is 1. The highest BCUT2D eigenvalue weighted by molar-refractivity contribution is 5.95. The maximum Gasteiger partial charge on any atom is 0.251 e. The van der Waals surface area contributed by atoms with E-state index >= 15 is 0 Å². The highest BCUT2D eigenvalue weighted by Crippen LogP contribution is 2.33. The highest BCUT2D eigenvalue weighted by Gasteiger charge is 2.11. The summed E-state index contributed by atoms with van der Waals surface area (Å²) in [6.45, 7) is 1.31. The second kappa shape index (κ2) is 16.3. The standard InChI is InChI=1S/C38H45N3O3/c1-40(2)35-21-18-31(19-22-35)30-16-14-29(15-17-30)11-10-26-44-37-23-20-33(28-36(37)41(3)4)32-12-9-13-34(27-32)38(43)39-24-7-5-6-8-25-42/h9-23,27-28,42H,5-8,24-26H2,1-4H3,(H,39,43)/b11-10+. The lowest BCUT2D eigenvalue weighted by Gasteiger charge is -2.19. The number of anilines is 2. The molecule has 1 amide bonds. The fourth-order valence-electron chi connectivity index (χ4n) is 4.96. The maximum atomic E-state index is 12.7. The summed E-state index contributed by atoms with van der Waals surface area (Å²) in [6.07, 6.45) is 7.81. The predicted molar refractivity (Wildman–Crippen MR) is 185 cm³/mol. The summed E-state index contributed by atoms with van der Waals surface area (Å²) in [6, 6.07) is 31.0. The summed E-state index contributed by atoms with van der Waals surface area (Å²) in [7, 11) is 8.10. The van der Waals surface area contributed by atoms with E-state index in [1.807, 2.05) is 75.6 Å². The van der Waals surface area contributed by atoms with Crippen LogP contribution >= 0.6 is 0 Å². The molecule has 4 aromatic rings. The Kier molecular flexibility index (Phi) is 12.0. The van der Waals surface area contributed by atoms with E-state index < -0.39 is 0 Å². The minimum atomic E-state index is -0.0677. The summed E-state index contributed by atoms with van der Waals surface area (Å²) in [5.41, 5.74) is 8.31. The van der Waals surface area contributed by atoms with Crippen molar-refractivity contribution >= 4 is 23.4 Å². The second-order valence-corrected chi connectivity index (χ2v) is 11.3. The molecule has 0 atom stereocenters. The van der Waals surface area contributed by atoms with Crippen molar-refractivity contribution in [2.45, 2.75) is 25.7 Å². The quantitative estimate of drug-likeness (QED) is 0.140. The molecule has 0 aromatic heterocycles. The Labute approximate surface area is 262 Å². The number of hydrogen-bond acceptors (Lipinski definition) is 5. The van der Waals surface area contributed by atoms with Gasteiger partial charge in [0, 0.05) is 52.6 Å². The van der Waals surface area contributed by atoms with Crippen LogP contribution in [0.15, 0.2) is 97.1 Å². The first-order valence-electron chi connectivity index (χ1n) is 15.3. The third-order valence-electron chi connectivity index (χ3n) is 7.54. The molecule has 44 heavy (non-hydrogen) atoms. The van der Waals surface area contributed by atoms with Crippen molar-refractivity contribution in [1.29, 1.82) is 0 Å². The van der Waals surface area contributed by atoms with E-state index in [9.17, 15) is 4.79 Å². The number of hydrogen-bond donors (Lipinski definition) is 2. The molecule has 0 saturated heterocycles. The Morgan fingerprint density at radius 1 is 0.750 bits per heavy atom. The summed E-state index contributed by atoms with van der Waals surface area (Å²) in [5, 5.41) is 11.9. The van der Waals surface area contributed by atoms with Gasteiger partial charge in [0.05, 0.1) is 5.69 Å². The van der Waals surface area contributed by atoms with Crippen LogP contribution in [0.2, 0.25) is 0 Å². The van der Waals surface area contributed by atoms with Gasteiger partial charge in [0.25, 0.3) is 5.91 Å². The first kappa shape index (κ1) is 32.4. The van der Waals surface area contributed by atoms with Crippen LogP contribution in [-0.2, 0) is 0 Å². The Morgan fingerprint density at radius 2 is 1.41 bits per heavy atom. The third kappa shape index (κ3) is 9.22. The van der Waals surface area contributed by atoms with Crippen molar-refractivity contribution in [1.82, 2.24) is 5.32 Å². The number of carbonyl (C=O) groups excluding carboxylic acids is 1. The van der Waals surface area contributed by atoms with Gasteiger partial charge in [-0.25, -0.2) is 0 Å². The van der Waals surface area contributed by atoms with Crippen LogP contribution in [0.25, 0.3) is 28.3 Å². The first-order valence-corrected chi connectivity index (χ1v) is 15.3. The van der Waals surface area contributed by atoms with E-state index in [2.05, 4.69) is 70.9 Å². The van der Waals surface area contributed by atoms with Crippen LogP contribution in [0.5, 0.6) is 5.75 Å². The van der Waals surface area contributed by atoms with Crippen LogP contribution in [0.4, 0.5) is 11.4 Å². The molecule has 0 bridgehead atoms. The Morgan fingerprint density at radius 3 is 2.09 bits per heavy atom. The maximum absolute atomic E-state index is 12.7. The predicted octanol–water partition coefficient (Wildman–Crippen LogP) is 7.53. The second-order valence-electron chi connectivity index (χ2n) is 11.3. The normalized spacial score (nSPS) is 11.0. The fourth-order valence-corrected chi connectivity index (χ4v) is 4.96. The van der Waals surface area contributed by atoms with E-state index in [0.29, 0.717) is 18.7 Å². The van der Waals surface area contributed by atoms with Gasteiger partial charge in [-0.2, -0.15) is 0 Å². The summed E-state index contributed by atoms with van der Waals surface area (Å²) in [4.78, 5) is 16.9. The van der Waals surface area contributed by atoms with Crippen LogP contribution < -0.4 is 19.9 Å². The molecule has 4 aromatic carbocycles. The number of aliphatic hydroxyl groups excluding tert-OH is 1. The minimum Gasteiger partial charge on any atom is -0.487 e. The fraction of sp³-hybridized carbons (Fsp3) is 0.289. The van der Waals surface area contributed by atoms with Gasteiger partial charge < -0.3 is 25.0 Å². The number of unbranched alkanes of at least 4 members (excludes halogenated alkanes) is 3. The highest BCUT2D eigenvalue weighted by atomic mass is 16.5. The van der Waals surface area contributed by atoms with Crippen molar-refractivity contribution in [2.24, 2.45) is 0 Å². The smallest absolute Gasteiger partial charge is 0.251 e. The largest absolute Gasteiger partial charge is 0.487 e. The summed E-state index contributed by atoms with van der Waals surface area (Å²) >= 11 is 0. The molecule has 0 saturated carbocycles. The Bertz CT molecular complexity index is 1510. The van der Waals surface area contributed by atoms with Gasteiger partial charge in [-0.15, -0.1) is 0 Å². The zero-order valence-electron chi connectivity index (χ0n) is 26.4. The lowest BCUT2D eigenvalue weighted by atomic mass is 10.0. The van der Waals surface area contributed by atoms with E-state index in [4.69, 9.17) is 9.84 Å². The zero-order chi connectivity index (χ0) is 31.3. The number of amides is 1. The van der Waals surface area contributed by atoms with Gasteiger partial charge in [-0.05, 0) is 83.1 Å². The molecular weight excluding hydrogens is 546 g/mol. The molecule has 0 radical (unpaired) electrons. The molecule has 0 heterocycles. The van der Waals surface area contributed by atoms with Crippen LogP contribution in [0.3, 0.4) is 0 Å². The summed E-state index contributed by atoms with van der Waals surface area (Å²) < 4.78 is 6.17. The zero-order valence-corrected chi connectivity index (χ0v) is 26.4. The van der Waals surface area contributed by atoms with Gasteiger partial charge >= 0.3 is 0 Å². The number of nitrogens with zero attached hydrogens (tertiary/aromatic N) is 2. The molecule has 0 aliphatic rings. The molecular formula is C38H45N3O3. The van der Waals surface area contributed by atoms with Crippen molar-refractivity contribution in [3.63, 3.8) is 0 Å². The molecule has 0 aliphatic heterocycles. The monoisotopic (exact) mass is 591 g/mol. The Balaban J connectivity index is 1.35. The number of nitrogens with one attached hydrogen (secondary N) is 1. The van der Waals surface area contributed by atoms with Gasteiger partial charge in [-0.3, -0.25) is 4.79 Å². The van der Waals surface area contributed by atoms with Gasteiger partial charge in [0.1, 0.15) is 12.4 Å². The van der Waals surface area contributed by atoms with E-state index in [1.54, 1.807) is 0 Å². The van der Waals surface area contributed by atoms with Gasteiger partial charge in [-0.1, -0.05) is 73.5 Å². The van der Waals surface area contributed by atoms with Crippen molar-refractivity contribution in [2.75, 3.05) is 57.7 Å². The number of carbonyl (C=O) groups is 1. The molecule has 0 spiro atoms. The van der Waals surface area contributed by atoms with Crippen LogP contribution in [0, 0.1) is 0 Å². The number of benzene rings is 4. The van der Waals surface area contributed by atoms with E-state index in [-0.39, 0.29) is 12.5 Å². The van der Waals surface area contributed by atoms with Crippen molar-refractivity contribution in [3.8, 4) is 28.0 Å². The van der Waals surface area contributed by atoms with Crippen LogP contribution in [0.1, 0.15) is 41.6 Å². The molecule has 6 nitrogen and oxygen atoms in total. The Hall–Kier alpha value is -4.55. The number of aliphatic hydroxyl groups is 1. The SMILES string of the molecule is CN(C)c1ccc(-c2ccc(/C=C/COc3ccc(-c4cccc(C(=O)NCCCCCCO)c4)cc3N(C)C)cc2)cc1. The molecule has 0 fully saturated rings. The van der Waals surface area contributed by atoms with Crippen molar-refractivity contribution in [3.05, 3.63) is 108 Å². The number of rotatable bonds is 15. The topological polar surface area (TPSA) is 65.0 Å². The van der Waals surface area contributed by atoms with Crippen molar-refractivity contribution < 1.29 is 14.6 Å². The van der Waals surface area contributed by atoms with Gasteiger partial charge in [0.15, 0.2) is 0 Å². The first-order chi connectivity index (χ1) is 21.4. The minimum absolute atomic E-state index is 0.0677. The van der Waals surface area contributed by atoms with Gasteiger partial charge in [0.2, 0.25) is 0 Å². The average molecular weight is 592 g/mol. The molecule has 0 aliphatic carbocycles. The molecule has 4 rings (SSSR count). The molecule has 230 valence electrons. The average Bonchev–Trinajstić information content (AvgIpc) is 3.05. The summed E-state index contributed by atoms with van der Waals surface area (Å²) in [5.74, 6) is 0.733.